The molecule has 1 N–H and O–H groups in total. The van der Waals surface area contributed by atoms with Crippen molar-refractivity contribution in [3.63, 3.8) is 0 Å². The summed E-state index contributed by atoms with van der Waals surface area (Å²) < 4.78 is 1.00. The largest absolute Gasteiger partial charge is 0.478 e. The van der Waals surface area contributed by atoms with Crippen LogP contribution in [0, 0.1) is 6.92 Å². The molecule has 0 atom stereocenters. The van der Waals surface area contributed by atoms with Gasteiger partial charge in [0.15, 0.2) is 5.16 Å². The van der Waals surface area contributed by atoms with E-state index in [-0.39, 0.29) is 5.56 Å². The van der Waals surface area contributed by atoms with E-state index in [9.17, 15) is 4.79 Å². The Kier molecular flexibility index (Phi) is 3.98. The third-order valence-electron chi connectivity index (χ3n) is 2.21. The number of hydrogen-bond donors (Lipinski definition) is 1. The molecule has 0 amide bonds. The Morgan fingerprint density at radius 2 is 2.00 bits per heavy atom. The third-order valence-corrected chi connectivity index (χ3v) is 3.63. The van der Waals surface area contributed by atoms with E-state index in [2.05, 4.69) is 25.9 Å². The van der Waals surface area contributed by atoms with Crippen molar-refractivity contribution in [1.82, 2.24) is 9.97 Å². The number of hydrogen-bond acceptors (Lipinski definition) is 4. The summed E-state index contributed by atoms with van der Waals surface area (Å²) >= 11 is 4.76. The average Bonchev–Trinajstić information content (AvgIpc) is 2.32. The predicted octanol–water partition coefficient (Wildman–Crippen LogP) is 3.40. The van der Waals surface area contributed by atoms with E-state index in [1.807, 2.05) is 24.3 Å². The molecule has 0 aliphatic carbocycles. The van der Waals surface area contributed by atoms with Gasteiger partial charge in [0.25, 0.3) is 0 Å². The maximum absolute atomic E-state index is 10.8. The van der Waals surface area contributed by atoms with Crippen molar-refractivity contribution in [2.24, 2.45) is 0 Å². The van der Waals surface area contributed by atoms with Crippen molar-refractivity contribution in [2.45, 2.75) is 17.0 Å². The molecule has 0 bridgehead atoms. The van der Waals surface area contributed by atoms with Gasteiger partial charge in [-0.3, -0.25) is 0 Å². The molecule has 1 heterocycles. The number of aryl methyl sites for hydroxylation is 1. The van der Waals surface area contributed by atoms with E-state index in [0.29, 0.717) is 10.9 Å². The van der Waals surface area contributed by atoms with Gasteiger partial charge in [-0.05, 0) is 43.0 Å². The first kappa shape index (κ1) is 13.0. The lowest BCUT2D eigenvalue weighted by atomic mass is 10.2. The summed E-state index contributed by atoms with van der Waals surface area (Å²) in [6.07, 6.45) is 1.34. The van der Waals surface area contributed by atoms with Crippen LogP contribution in [0.2, 0.25) is 0 Å². The van der Waals surface area contributed by atoms with Gasteiger partial charge in [0.2, 0.25) is 0 Å². The van der Waals surface area contributed by atoms with Crippen LogP contribution in [0.1, 0.15) is 16.1 Å². The van der Waals surface area contributed by atoms with Gasteiger partial charge in [0, 0.05) is 15.6 Å². The molecule has 0 saturated heterocycles. The fourth-order valence-electron chi connectivity index (χ4n) is 1.31. The summed E-state index contributed by atoms with van der Waals surface area (Å²) in [7, 11) is 0. The first-order valence-corrected chi connectivity index (χ1v) is 6.67. The van der Waals surface area contributed by atoms with Crippen LogP contribution in [0.3, 0.4) is 0 Å². The van der Waals surface area contributed by atoms with Crippen LogP contribution in [0.25, 0.3) is 0 Å². The van der Waals surface area contributed by atoms with Crippen LogP contribution in [0.5, 0.6) is 0 Å². The lowest BCUT2D eigenvalue weighted by Gasteiger charge is -2.03. The quantitative estimate of drug-likeness (QED) is 0.877. The highest BCUT2D eigenvalue weighted by atomic mass is 79.9. The van der Waals surface area contributed by atoms with E-state index >= 15 is 0 Å². The minimum Gasteiger partial charge on any atom is -0.478 e. The summed E-state index contributed by atoms with van der Waals surface area (Å²) in [4.78, 5) is 20.0. The summed E-state index contributed by atoms with van der Waals surface area (Å²) in [5.74, 6) is -1.01. The number of aromatic nitrogens is 2. The molecule has 1 aromatic carbocycles. The molecule has 0 aliphatic heterocycles. The number of carbonyl (C=O) groups is 1. The summed E-state index contributed by atoms with van der Waals surface area (Å²) in [6.45, 7) is 1.66. The number of aromatic carboxylic acids is 1. The van der Waals surface area contributed by atoms with Crippen molar-refractivity contribution in [1.29, 1.82) is 0 Å². The molecule has 2 rings (SSSR count). The Labute approximate surface area is 117 Å². The molecule has 0 aliphatic rings. The lowest BCUT2D eigenvalue weighted by molar-refractivity contribution is 0.0695. The van der Waals surface area contributed by atoms with E-state index in [1.165, 1.54) is 18.0 Å². The van der Waals surface area contributed by atoms with Crippen LogP contribution in [-0.4, -0.2) is 21.0 Å². The van der Waals surface area contributed by atoms with Gasteiger partial charge >= 0.3 is 5.97 Å². The molecule has 0 saturated carbocycles. The molecule has 0 fully saturated rings. The van der Waals surface area contributed by atoms with E-state index < -0.39 is 5.97 Å². The predicted molar refractivity (Wildman–Crippen MR) is 72.0 cm³/mol. The Balaban J connectivity index is 2.22. The molecule has 1 aromatic heterocycles. The van der Waals surface area contributed by atoms with Crippen molar-refractivity contribution >= 4 is 33.7 Å². The molecule has 18 heavy (non-hydrogen) atoms. The van der Waals surface area contributed by atoms with Crippen molar-refractivity contribution in [3.05, 3.63) is 46.2 Å². The zero-order chi connectivity index (χ0) is 13.1. The van der Waals surface area contributed by atoms with E-state index in [4.69, 9.17) is 5.11 Å². The number of rotatable bonds is 3. The van der Waals surface area contributed by atoms with Crippen LogP contribution < -0.4 is 0 Å². The minimum absolute atomic E-state index is 0.134. The topological polar surface area (TPSA) is 63.1 Å². The number of halogens is 1. The maximum Gasteiger partial charge on any atom is 0.339 e. The normalized spacial score (nSPS) is 10.3. The molecule has 2 aromatic rings. The number of carboxylic acid groups (broad SMARTS) is 1. The SMILES string of the molecule is Cc1nc(Sc2ccc(Br)cc2)ncc1C(=O)O. The Hall–Kier alpha value is -1.40. The second kappa shape index (κ2) is 5.49. The highest BCUT2D eigenvalue weighted by Crippen LogP contribution is 2.26. The number of carboxylic acids is 1. The fraction of sp³-hybridized carbons (Fsp3) is 0.0833. The Morgan fingerprint density at radius 3 is 2.56 bits per heavy atom. The average molecular weight is 325 g/mol. The lowest BCUT2D eigenvalue weighted by Crippen LogP contribution is -2.03. The fourth-order valence-corrected chi connectivity index (χ4v) is 2.35. The molecule has 0 spiro atoms. The van der Waals surface area contributed by atoms with Gasteiger partial charge in [-0.1, -0.05) is 15.9 Å². The van der Waals surface area contributed by atoms with E-state index in [1.54, 1.807) is 6.92 Å². The van der Waals surface area contributed by atoms with Crippen LogP contribution in [0.4, 0.5) is 0 Å². The molecule has 6 heteroatoms. The molecule has 92 valence electrons. The van der Waals surface area contributed by atoms with Gasteiger partial charge in [0.05, 0.1) is 11.3 Å². The summed E-state index contributed by atoms with van der Waals surface area (Å²) in [5, 5.41) is 9.43. The minimum atomic E-state index is -1.01. The summed E-state index contributed by atoms with van der Waals surface area (Å²) in [5.41, 5.74) is 0.604. The van der Waals surface area contributed by atoms with Gasteiger partial charge in [-0.25, -0.2) is 14.8 Å². The monoisotopic (exact) mass is 324 g/mol. The molecular formula is C12H9BrN2O2S. The highest BCUT2D eigenvalue weighted by molar-refractivity contribution is 9.10. The van der Waals surface area contributed by atoms with Crippen molar-refractivity contribution < 1.29 is 9.90 Å². The molecule has 0 radical (unpaired) electrons. The van der Waals surface area contributed by atoms with E-state index in [0.717, 1.165) is 9.37 Å². The zero-order valence-corrected chi connectivity index (χ0v) is 11.8. The van der Waals surface area contributed by atoms with Crippen molar-refractivity contribution in [3.8, 4) is 0 Å². The zero-order valence-electron chi connectivity index (χ0n) is 9.42. The second-order valence-corrected chi connectivity index (χ2v) is 5.47. The number of nitrogens with zero attached hydrogens (tertiary/aromatic N) is 2. The smallest absolute Gasteiger partial charge is 0.339 e. The van der Waals surface area contributed by atoms with Crippen molar-refractivity contribution in [2.75, 3.05) is 0 Å². The maximum atomic E-state index is 10.8. The number of benzene rings is 1. The highest BCUT2D eigenvalue weighted by Gasteiger charge is 2.10. The molecular weight excluding hydrogens is 316 g/mol. The second-order valence-electron chi connectivity index (χ2n) is 3.51. The van der Waals surface area contributed by atoms with Crippen LogP contribution >= 0.6 is 27.7 Å². The standard InChI is InChI=1S/C12H9BrN2O2S/c1-7-10(11(16)17)6-14-12(15-7)18-9-4-2-8(13)3-5-9/h2-6H,1H3,(H,16,17). The van der Waals surface area contributed by atoms with Gasteiger partial charge in [-0.2, -0.15) is 0 Å². The van der Waals surface area contributed by atoms with Gasteiger partial charge in [0.1, 0.15) is 0 Å². The first-order valence-electron chi connectivity index (χ1n) is 5.06. The first-order chi connectivity index (χ1) is 8.56. The molecule has 0 unspecified atom stereocenters. The Morgan fingerprint density at radius 1 is 1.33 bits per heavy atom. The van der Waals surface area contributed by atoms with Gasteiger partial charge < -0.3 is 5.11 Å². The van der Waals surface area contributed by atoms with Crippen LogP contribution in [-0.2, 0) is 0 Å². The summed E-state index contributed by atoms with van der Waals surface area (Å²) in [6, 6.07) is 7.75. The van der Waals surface area contributed by atoms with Gasteiger partial charge in [-0.15, -0.1) is 0 Å². The Bertz CT molecular complexity index is 587. The third kappa shape index (κ3) is 3.08. The molecule has 4 nitrogen and oxygen atoms in total. The van der Waals surface area contributed by atoms with Crippen LogP contribution in [0.15, 0.2) is 45.0 Å².